The maximum Gasteiger partial charge on any atom is 0.163 e. The molecule has 0 radical (unpaired) electrons. The van der Waals surface area contributed by atoms with Crippen molar-refractivity contribution >= 4 is 22.9 Å². The average molecular weight is 365 g/mol. The Morgan fingerprint density at radius 3 is 2.56 bits per heavy atom. The predicted octanol–water partition coefficient (Wildman–Crippen LogP) is 4.60. The highest BCUT2D eigenvalue weighted by Gasteiger charge is 2.17. The third-order valence-electron chi connectivity index (χ3n) is 3.91. The fraction of sp³-hybridized carbons (Fsp3) is 0.286. The lowest BCUT2D eigenvalue weighted by Gasteiger charge is -2.23. The van der Waals surface area contributed by atoms with E-state index in [4.69, 9.17) is 4.74 Å². The van der Waals surface area contributed by atoms with Gasteiger partial charge in [0.05, 0.1) is 5.60 Å². The van der Waals surface area contributed by atoms with Crippen molar-refractivity contribution in [2.24, 2.45) is 0 Å². The molecule has 0 aromatic carbocycles. The predicted molar refractivity (Wildman–Crippen MR) is 112 cm³/mol. The van der Waals surface area contributed by atoms with Gasteiger partial charge in [0.15, 0.2) is 5.82 Å². The van der Waals surface area contributed by atoms with Crippen LogP contribution in [0, 0.1) is 0 Å². The van der Waals surface area contributed by atoms with Crippen molar-refractivity contribution < 1.29 is 4.74 Å². The summed E-state index contributed by atoms with van der Waals surface area (Å²) in [5.41, 5.74) is 1.50. The summed E-state index contributed by atoms with van der Waals surface area (Å²) >= 11 is 0. The monoisotopic (exact) mass is 365 g/mol. The van der Waals surface area contributed by atoms with Crippen LogP contribution < -0.4 is 10.6 Å². The fourth-order valence-electron chi connectivity index (χ4n) is 2.16. The molecule has 2 aromatic rings. The number of nitrogens with one attached hydrogen (secondary N) is 2. The van der Waals surface area contributed by atoms with Crippen LogP contribution in [0.15, 0.2) is 61.5 Å². The van der Waals surface area contributed by atoms with Gasteiger partial charge >= 0.3 is 0 Å². The second-order valence-electron chi connectivity index (χ2n) is 6.48. The van der Waals surface area contributed by atoms with Gasteiger partial charge in [-0.15, -0.1) is 0 Å². The number of pyridine rings is 1. The standard InChI is InChI=1S/C21H27N5O/c1-6-8-9-16(7-2)20-25-18(23-15-21(3,4)27-5)14-19(26-20)24-17-10-12-22-13-11-17/h6-14H,1,15H2,2-5H3,(H2,22,23,24,25,26)/b9-8-,16-7+. The van der Waals surface area contributed by atoms with E-state index in [2.05, 4.69) is 32.2 Å². The number of methoxy groups -OCH3 is 1. The summed E-state index contributed by atoms with van der Waals surface area (Å²) < 4.78 is 5.48. The number of hydrogen-bond donors (Lipinski definition) is 2. The van der Waals surface area contributed by atoms with Gasteiger partial charge < -0.3 is 15.4 Å². The highest BCUT2D eigenvalue weighted by molar-refractivity contribution is 5.72. The molecule has 6 nitrogen and oxygen atoms in total. The molecule has 0 unspecified atom stereocenters. The first-order valence-corrected chi connectivity index (χ1v) is 8.78. The van der Waals surface area contributed by atoms with Crippen molar-refractivity contribution in [3.05, 3.63) is 67.3 Å². The minimum absolute atomic E-state index is 0.310. The summed E-state index contributed by atoms with van der Waals surface area (Å²) in [6, 6.07) is 5.65. The van der Waals surface area contributed by atoms with Crippen molar-refractivity contribution in [1.82, 2.24) is 15.0 Å². The maximum atomic E-state index is 5.48. The second-order valence-corrected chi connectivity index (χ2v) is 6.48. The largest absolute Gasteiger partial charge is 0.377 e. The number of ether oxygens (including phenoxy) is 1. The lowest BCUT2D eigenvalue weighted by Crippen LogP contribution is -2.32. The molecular weight excluding hydrogens is 338 g/mol. The lowest BCUT2D eigenvalue weighted by atomic mass is 10.1. The van der Waals surface area contributed by atoms with Crippen LogP contribution in [0.5, 0.6) is 0 Å². The Kier molecular flexibility index (Phi) is 7.25. The summed E-state index contributed by atoms with van der Waals surface area (Å²) in [6.07, 6.45) is 10.9. The van der Waals surface area contributed by atoms with Crippen molar-refractivity contribution in [3.8, 4) is 0 Å². The van der Waals surface area contributed by atoms with E-state index < -0.39 is 0 Å². The third kappa shape index (κ3) is 6.34. The van der Waals surface area contributed by atoms with Crippen LogP contribution in [0.2, 0.25) is 0 Å². The van der Waals surface area contributed by atoms with E-state index in [1.165, 1.54) is 0 Å². The van der Waals surface area contributed by atoms with Crippen molar-refractivity contribution in [2.45, 2.75) is 26.4 Å². The molecule has 6 heteroatoms. The van der Waals surface area contributed by atoms with E-state index in [9.17, 15) is 0 Å². The Labute approximate surface area is 161 Å². The van der Waals surface area contributed by atoms with Gasteiger partial charge in [-0.3, -0.25) is 4.98 Å². The summed E-state index contributed by atoms with van der Waals surface area (Å²) in [4.78, 5) is 13.3. The van der Waals surface area contributed by atoms with Crippen LogP contribution in [0.3, 0.4) is 0 Å². The molecule has 0 saturated heterocycles. The Bertz CT molecular complexity index is 813. The molecule has 0 amide bonds. The maximum absolute atomic E-state index is 5.48. The van der Waals surface area contributed by atoms with Gasteiger partial charge in [-0.05, 0) is 32.9 Å². The van der Waals surface area contributed by atoms with Crippen LogP contribution >= 0.6 is 0 Å². The van der Waals surface area contributed by atoms with E-state index in [1.54, 1.807) is 25.6 Å². The zero-order valence-electron chi connectivity index (χ0n) is 16.4. The van der Waals surface area contributed by atoms with Crippen molar-refractivity contribution in [1.29, 1.82) is 0 Å². The molecule has 2 aromatic heterocycles. The number of nitrogens with zero attached hydrogens (tertiary/aromatic N) is 3. The van der Waals surface area contributed by atoms with E-state index >= 15 is 0 Å². The molecule has 0 aliphatic carbocycles. The molecule has 0 saturated carbocycles. The first kappa shape index (κ1) is 20.3. The van der Waals surface area contributed by atoms with Crippen LogP contribution in [0.4, 0.5) is 17.3 Å². The average Bonchev–Trinajstić information content (AvgIpc) is 2.68. The van der Waals surface area contributed by atoms with Crippen LogP contribution in [0.25, 0.3) is 5.57 Å². The van der Waals surface area contributed by atoms with Gasteiger partial charge in [0.25, 0.3) is 0 Å². The van der Waals surface area contributed by atoms with Crippen LogP contribution in [-0.2, 0) is 4.74 Å². The summed E-state index contributed by atoms with van der Waals surface area (Å²) in [6.45, 7) is 10.3. The molecule has 0 aliphatic rings. The van der Waals surface area contributed by atoms with Gasteiger partial charge in [-0.25, -0.2) is 9.97 Å². The summed E-state index contributed by atoms with van der Waals surface area (Å²) in [7, 11) is 1.70. The van der Waals surface area contributed by atoms with Gasteiger partial charge in [0.2, 0.25) is 0 Å². The highest BCUT2D eigenvalue weighted by Crippen LogP contribution is 2.22. The molecule has 2 N–H and O–H groups in total. The number of aromatic nitrogens is 3. The van der Waals surface area contributed by atoms with Gasteiger partial charge in [0.1, 0.15) is 11.6 Å². The molecule has 2 rings (SSSR count). The minimum atomic E-state index is -0.310. The molecule has 0 bridgehead atoms. The molecule has 2 heterocycles. The first-order chi connectivity index (χ1) is 13.0. The van der Waals surface area contributed by atoms with Gasteiger partial charge in [0, 0.05) is 43.4 Å². The molecule has 27 heavy (non-hydrogen) atoms. The van der Waals surface area contributed by atoms with Gasteiger partial charge in [-0.2, -0.15) is 0 Å². The van der Waals surface area contributed by atoms with Crippen molar-refractivity contribution in [3.63, 3.8) is 0 Å². The van der Waals surface area contributed by atoms with E-state index in [0.29, 0.717) is 24.0 Å². The quantitative estimate of drug-likeness (QED) is 0.633. The molecular formula is C21H27N5O. The Hall–Kier alpha value is -2.99. The van der Waals surface area contributed by atoms with Crippen LogP contribution in [-0.4, -0.2) is 34.2 Å². The fourth-order valence-corrected chi connectivity index (χ4v) is 2.16. The molecule has 0 atom stereocenters. The molecule has 142 valence electrons. The SMILES string of the molecule is C=C/C=C\C(=C/C)c1nc(NCC(C)(C)OC)cc(Nc2ccncc2)n1. The number of anilines is 3. The molecule has 0 spiro atoms. The Balaban J connectivity index is 2.37. The topological polar surface area (TPSA) is 72.0 Å². The lowest BCUT2D eigenvalue weighted by molar-refractivity contribution is 0.0343. The first-order valence-electron chi connectivity index (χ1n) is 8.78. The number of hydrogen-bond acceptors (Lipinski definition) is 6. The number of allylic oxidation sites excluding steroid dienone is 5. The zero-order chi connectivity index (χ0) is 19.7. The normalized spacial score (nSPS) is 12.2. The van der Waals surface area contributed by atoms with Gasteiger partial charge in [-0.1, -0.05) is 30.9 Å². The third-order valence-corrected chi connectivity index (χ3v) is 3.91. The summed E-state index contributed by atoms with van der Waals surface area (Å²) in [5.74, 6) is 2.02. The second kappa shape index (κ2) is 9.64. The number of rotatable bonds is 9. The minimum Gasteiger partial charge on any atom is -0.377 e. The Morgan fingerprint density at radius 2 is 1.93 bits per heavy atom. The molecule has 0 fully saturated rings. The zero-order valence-corrected chi connectivity index (χ0v) is 16.4. The van der Waals surface area contributed by atoms with E-state index in [-0.39, 0.29) is 5.60 Å². The van der Waals surface area contributed by atoms with Crippen molar-refractivity contribution in [2.75, 3.05) is 24.3 Å². The highest BCUT2D eigenvalue weighted by atomic mass is 16.5. The molecule has 0 aliphatic heterocycles. The smallest absolute Gasteiger partial charge is 0.163 e. The Morgan fingerprint density at radius 1 is 1.22 bits per heavy atom. The van der Waals surface area contributed by atoms with E-state index in [1.807, 2.05) is 57.2 Å². The van der Waals surface area contributed by atoms with Crippen LogP contribution in [0.1, 0.15) is 26.6 Å². The van der Waals surface area contributed by atoms with E-state index in [0.717, 1.165) is 11.3 Å². The summed E-state index contributed by atoms with van der Waals surface area (Å²) in [5, 5.41) is 6.63.